The number of carbonyl (C=O) groups is 1. The molecule has 0 spiro atoms. The molecule has 4 nitrogen and oxygen atoms in total. The summed E-state index contributed by atoms with van der Waals surface area (Å²) in [4.78, 5) is 16.0. The van der Waals surface area contributed by atoms with Gasteiger partial charge >= 0.3 is 0 Å². The van der Waals surface area contributed by atoms with Crippen LogP contribution >= 0.6 is 11.3 Å². The van der Waals surface area contributed by atoms with E-state index in [1.165, 1.54) is 0 Å². The predicted octanol–water partition coefficient (Wildman–Crippen LogP) is 1.85. The lowest BCUT2D eigenvalue weighted by Gasteiger charge is -2.15. The first-order chi connectivity index (χ1) is 7.74. The summed E-state index contributed by atoms with van der Waals surface area (Å²) in [6.07, 6.45) is 0.569. The molecular weight excluding hydrogens is 222 g/mol. The second-order valence-corrected chi connectivity index (χ2v) is 5.01. The van der Waals surface area contributed by atoms with E-state index in [1.807, 2.05) is 25.1 Å². The number of hydrazine groups is 1. The summed E-state index contributed by atoms with van der Waals surface area (Å²) in [6.45, 7) is 2.71. The SMILES string of the molecule is Cc1nc2ccc(N3NCCC3=O)cc2s1. The van der Waals surface area contributed by atoms with Gasteiger partial charge in [-0.25, -0.2) is 15.4 Å². The van der Waals surface area contributed by atoms with Gasteiger partial charge < -0.3 is 0 Å². The number of benzene rings is 1. The Hall–Kier alpha value is -1.46. The third kappa shape index (κ3) is 1.48. The van der Waals surface area contributed by atoms with Crippen LogP contribution in [-0.4, -0.2) is 17.4 Å². The first-order valence-electron chi connectivity index (χ1n) is 5.18. The van der Waals surface area contributed by atoms with Crippen LogP contribution < -0.4 is 10.4 Å². The van der Waals surface area contributed by atoms with Crippen LogP contribution in [0.5, 0.6) is 0 Å². The van der Waals surface area contributed by atoms with E-state index in [1.54, 1.807) is 16.3 Å². The fourth-order valence-corrected chi connectivity index (χ4v) is 2.74. The minimum atomic E-state index is 0.126. The number of nitrogens with zero attached hydrogens (tertiary/aromatic N) is 2. The number of hydrogen-bond donors (Lipinski definition) is 1. The van der Waals surface area contributed by atoms with Crippen molar-refractivity contribution in [2.24, 2.45) is 0 Å². The topological polar surface area (TPSA) is 45.2 Å². The average Bonchev–Trinajstić information content (AvgIpc) is 2.81. The van der Waals surface area contributed by atoms with Crippen molar-refractivity contribution in [2.75, 3.05) is 11.6 Å². The Morgan fingerprint density at radius 1 is 1.50 bits per heavy atom. The van der Waals surface area contributed by atoms with Gasteiger partial charge in [-0.1, -0.05) is 0 Å². The zero-order valence-electron chi connectivity index (χ0n) is 8.86. The third-order valence-corrected chi connectivity index (χ3v) is 3.53. The van der Waals surface area contributed by atoms with Gasteiger partial charge in [0.1, 0.15) is 0 Å². The van der Waals surface area contributed by atoms with Crippen molar-refractivity contribution in [3.8, 4) is 0 Å². The summed E-state index contributed by atoms with van der Waals surface area (Å²) in [6, 6.07) is 5.90. The Labute approximate surface area is 96.9 Å². The molecule has 1 fully saturated rings. The first-order valence-corrected chi connectivity index (χ1v) is 5.99. The van der Waals surface area contributed by atoms with Crippen LogP contribution in [-0.2, 0) is 4.79 Å². The molecule has 0 saturated carbocycles. The molecule has 1 saturated heterocycles. The van der Waals surface area contributed by atoms with Crippen LogP contribution in [0.4, 0.5) is 5.69 Å². The highest BCUT2D eigenvalue weighted by molar-refractivity contribution is 7.18. The Morgan fingerprint density at radius 3 is 3.12 bits per heavy atom. The summed E-state index contributed by atoms with van der Waals surface area (Å²) in [5.41, 5.74) is 4.96. The molecule has 5 heteroatoms. The highest BCUT2D eigenvalue weighted by Gasteiger charge is 2.21. The zero-order chi connectivity index (χ0) is 11.1. The maximum atomic E-state index is 11.6. The highest BCUT2D eigenvalue weighted by Crippen LogP contribution is 2.27. The van der Waals surface area contributed by atoms with E-state index < -0.39 is 0 Å². The van der Waals surface area contributed by atoms with Crippen molar-refractivity contribution in [1.29, 1.82) is 0 Å². The number of thiazole rings is 1. The van der Waals surface area contributed by atoms with Crippen LogP contribution in [0.1, 0.15) is 11.4 Å². The van der Waals surface area contributed by atoms with E-state index in [9.17, 15) is 4.79 Å². The second kappa shape index (κ2) is 3.54. The Bertz CT molecular complexity index is 563. The maximum Gasteiger partial charge on any atom is 0.242 e. The summed E-state index contributed by atoms with van der Waals surface area (Å²) >= 11 is 1.65. The molecule has 1 amide bonds. The lowest BCUT2D eigenvalue weighted by atomic mass is 10.3. The normalized spacial score (nSPS) is 16.3. The van der Waals surface area contributed by atoms with Gasteiger partial charge in [0.2, 0.25) is 5.91 Å². The summed E-state index contributed by atoms with van der Waals surface area (Å²) < 4.78 is 1.12. The summed E-state index contributed by atoms with van der Waals surface area (Å²) in [5.74, 6) is 0.126. The van der Waals surface area contributed by atoms with E-state index >= 15 is 0 Å². The molecular formula is C11H11N3OS. The van der Waals surface area contributed by atoms with Crippen molar-refractivity contribution < 1.29 is 4.79 Å². The Morgan fingerprint density at radius 2 is 2.38 bits per heavy atom. The number of fused-ring (bicyclic) bond motifs is 1. The molecule has 1 aliphatic heterocycles. The number of rotatable bonds is 1. The molecule has 2 aromatic rings. The quantitative estimate of drug-likeness (QED) is 0.817. The van der Waals surface area contributed by atoms with Crippen LogP contribution in [0, 0.1) is 6.92 Å². The molecule has 1 aromatic carbocycles. The van der Waals surface area contributed by atoms with Gasteiger partial charge in [0, 0.05) is 13.0 Å². The van der Waals surface area contributed by atoms with E-state index in [-0.39, 0.29) is 5.91 Å². The number of aromatic nitrogens is 1. The smallest absolute Gasteiger partial charge is 0.242 e. The predicted molar refractivity (Wildman–Crippen MR) is 64.5 cm³/mol. The lowest BCUT2D eigenvalue weighted by Crippen LogP contribution is -2.33. The van der Waals surface area contributed by atoms with Crippen molar-refractivity contribution in [1.82, 2.24) is 10.4 Å². The number of hydrogen-bond acceptors (Lipinski definition) is 4. The van der Waals surface area contributed by atoms with Crippen molar-refractivity contribution >= 4 is 33.1 Å². The molecule has 0 bridgehead atoms. The fourth-order valence-electron chi connectivity index (χ4n) is 1.88. The van der Waals surface area contributed by atoms with Gasteiger partial charge in [-0.2, -0.15) is 0 Å². The molecule has 1 aromatic heterocycles. The molecule has 0 aliphatic carbocycles. The first kappa shape index (κ1) is 9.74. The minimum Gasteiger partial charge on any atom is -0.273 e. The number of carbonyl (C=O) groups excluding carboxylic acids is 1. The summed E-state index contributed by atoms with van der Waals surface area (Å²) in [5, 5.41) is 2.67. The molecule has 1 N–H and O–H groups in total. The van der Waals surface area contributed by atoms with E-state index in [0.717, 1.165) is 27.5 Å². The molecule has 2 heterocycles. The van der Waals surface area contributed by atoms with E-state index in [4.69, 9.17) is 0 Å². The van der Waals surface area contributed by atoms with Crippen molar-refractivity contribution in [3.05, 3.63) is 23.2 Å². The molecule has 16 heavy (non-hydrogen) atoms. The minimum absolute atomic E-state index is 0.126. The average molecular weight is 233 g/mol. The standard InChI is InChI=1S/C11H11N3OS/c1-7-13-9-3-2-8(6-10(9)16-7)14-11(15)4-5-12-14/h2-3,6,12H,4-5H2,1H3. The van der Waals surface area contributed by atoms with Gasteiger partial charge in [-0.05, 0) is 25.1 Å². The van der Waals surface area contributed by atoms with Crippen molar-refractivity contribution in [2.45, 2.75) is 13.3 Å². The third-order valence-electron chi connectivity index (χ3n) is 2.60. The van der Waals surface area contributed by atoms with Gasteiger partial charge in [-0.3, -0.25) is 4.79 Å². The van der Waals surface area contributed by atoms with Gasteiger partial charge in [0.15, 0.2) is 0 Å². The zero-order valence-corrected chi connectivity index (χ0v) is 9.67. The maximum absolute atomic E-state index is 11.6. The monoisotopic (exact) mass is 233 g/mol. The van der Waals surface area contributed by atoms with Crippen LogP contribution in [0.2, 0.25) is 0 Å². The second-order valence-electron chi connectivity index (χ2n) is 3.77. The van der Waals surface area contributed by atoms with Crippen LogP contribution in [0.15, 0.2) is 18.2 Å². The number of aryl methyl sites for hydroxylation is 1. The van der Waals surface area contributed by atoms with Gasteiger partial charge in [-0.15, -0.1) is 11.3 Å². The lowest BCUT2D eigenvalue weighted by molar-refractivity contribution is -0.117. The van der Waals surface area contributed by atoms with Gasteiger partial charge in [0.05, 0.1) is 20.9 Å². The highest BCUT2D eigenvalue weighted by atomic mass is 32.1. The molecule has 3 rings (SSSR count). The Kier molecular flexibility index (Phi) is 2.15. The van der Waals surface area contributed by atoms with Crippen LogP contribution in [0.25, 0.3) is 10.2 Å². The number of anilines is 1. The molecule has 82 valence electrons. The Balaban J connectivity index is 2.07. The largest absolute Gasteiger partial charge is 0.273 e. The molecule has 1 aliphatic rings. The number of nitrogens with one attached hydrogen (secondary N) is 1. The van der Waals surface area contributed by atoms with E-state index in [2.05, 4.69) is 10.4 Å². The van der Waals surface area contributed by atoms with Crippen LogP contribution in [0.3, 0.4) is 0 Å². The summed E-state index contributed by atoms with van der Waals surface area (Å²) in [7, 11) is 0. The van der Waals surface area contributed by atoms with Gasteiger partial charge in [0.25, 0.3) is 0 Å². The molecule has 0 atom stereocenters. The molecule has 0 unspecified atom stereocenters. The van der Waals surface area contributed by atoms with E-state index in [0.29, 0.717) is 6.42 Å². The number of amides is 1. The van der Waals surface area contributed by atoms with Crippen molar-refractivity contribution in [3.63, 3.8) is 0 Å². The molecule has 0 radical (unpaired) electrons. The fraction of sp³-hybridized carbons (Fsp3) is 0.273.